The van der Waals surface area contributed by atoms with Gasteiger partial charge in [0.1, 0.15) is 5.82 Å². The Balaban J connectivity index is 3.09. The third kappa shape index (κ3) is 3.70. The lowest BCUT2D eigenvalue weighted by Gasteiger charge is -2.13. The molecular weight excluding hydrogens is 240 g/mol. The molecule has 0 saturated heterocycles. The van der Waals surface area contributed by atoms with Crippen LogP contribution in [-0.2, 0) is 11.0 Å². The maximum atomic E-state index is 13.0. The summed E-state index contributed by atoms with van der Waals surface area (Å²) >= 11 is 0. The zero-order chi connectivity index (χ0) is 13.2. The molecule has 3 nitrogen and oxygen atoms in total. The van der Waals surface area contributed by atoms with E-state index in [0.29, 0.717) is 12.1 Å². The van der Waals surface area contributed by atoms with Gasteiger partial charge in [-0.2, -0.15) is 13.2 Å². The van der Waals surface area contributed by atoms with E-state index in [-0.39, 0.29) is 12.0 Å². The van der Waals surface area contributed by atoms with Crippen LogP contribution in [0.15, 0.2) is 18.2 Å². The number of alkyl halides is 3. The Morgan fingerprint density at radius 2 is 1.88 bits per heavy atom. The van der Waals surface area contributed by atoms with Crippen LogP contribution < -0.4 is 11.5 Å². The van der Waals surface area contributed by atoms with Gasteiger partial charge < -0.3 is 11.5 Å². The molecule has 0 bridgehead atoms. The van der Waals surface area contributed by atoms with Crippen molar-refractivity contribution in [3.8, 4) is 0 Å². The molecule has 0 fully saturated rings. The minimum absolute atomic E-state index is 0.115. The van der Waals surface area contributed by atoms with E-state index >= 15 is 0 Å². The van der Waals surface area contributed by atoms with Gasteiger partial charge in [-0.05, 0) is 23.8 Å². The Hall–Kier alpha value is -1.63. The van der Waals surface area contributed by atoms with Gasteiger partial charge in [-0.25, -0.2) is 4.39 Å². The van der Waals surface area contributed by atoms with Crippen molar-refractivity contribution in [2.24, 2.45) is 11.5 Å². The van der Waals surface area contributed by atoms with Crippen molar-refractivity contribution in [1.29, 1.82) is 0 Å². The van der Waals surface area contributed by atoms with Crippen LogP contribution in [0.2, 0.25) is 0 Å². The average molecular weight is 250 g/mol. The molecule has 1 atom stereocenters. The number of nitrogens with two attached hydrogens (primary N) is 2. The van der Waals surface area contributed by atoms with Crippen LogP contribution in [0.1, 0.15) is 23.6 Å². The van der Waals surface area contributed by atoms with Gasteiger partial charge in [-0.3, -0.25) is 4.79 Å². The summed E-state index contributed by atoms with van der Waals surface area (Å²) in [5.41, 5.74) is 9.04. The standard InChI is InChI=1S/C10H10F4N2O/c11-7-2-5(8(15)4-9(16)17)1-6(3-7)10(12,13)14/h1-3,8H,4,15H2,(H2,16,17). The van der Waals surface area contributed by atoms with Gasteiger partial charge in [0.25, 0.3) is 0 Å². The van der Waals surface area contributed by atoms with Crippen LogP contribution in [0, 0.1) is 5.82 Å². The van der Waals surface area contributed by atoms with Crippen molar-refractivity contribution in [3.05, 3.63) is 35.1 Å². The molecule has 0 radical (unpaired) electrons. The number of carbonyl (C=O) groups excluding carboxylic acids is 1. The van der Waals surface area contributed by atoms with Gasteiger partial charge in [0.2, 0.25) is 5.91 Å². The Morgan fingerprint density at radius 1 is 1.29 bits per heavy atom. The van der Waals surface area contributed by atoms with Crippen LogP contribution in [0.25, 0.3) is 0 Å². The molecular formula is C10H10F4N2O. The first-order valence-corrected chi connectivity index (χ1v) is 4.61. The lowest BCUT2D eigenvalue weighted by Crippen LogP contribution is -2.21. The number of halogens is 4. The number of hydrogen-bond donors (Lipinski definition) is 2. The number of rotatable bonds is 3. The van der Waals surface area contributed by atoms with Crippen molar-refractivity contribution in [2.75, 3.05) is 0 Å². The molecule has 0 aliphatic carbocycles. The fourth-order valence-electron chi connectivity index (χ4n) is 1.32. The lowest BCUT2D eigenvalue weighted by atomic mass is 10.0. The van der Waals surface area contributed by atoms with Crippen molar-refractivity contribution >= 4 is 5.91 Å². The SMILES string of the molecule is NC(=O)CC(N)c1cc(F)cc(C(F)(F)F)c1. The molecule has 1 aromatic carbocycles. The van der Waals surface area contributed by atoms with Crippen LogP contribution in [0.5, 0.6) is 0 Å². The molecule has 0 aromatic heterocycles. The molecule has 0 saturated carbocycles. The maximum absolute atomic E-state index is 13.0. The monoisotopic (exact) mass is 250 g/mol. The third-order valence-corrected chi connectivity index (χ3v) is 2.10. The second-order valence-electron chi connectivity index (χ2n) is 3.55. The Labute approximate surface area is 94.4 Å². The highest BCUT2D eigenvalue weighted by Crippen LogP contribution is 2.31. The summed E-state index contributed by atoms with van der Waals surface area (Å²) in [6.45, 7) is 0. The smallest absolute Gasteiger partial charge is 0.370 e. The van der Waals surface area contributed by atoms with Gasteiger partial charge in [0.05, 0.1) is 5.56 Å². The summed E-state index contributed by atoms with van der Waals surface area (Å²) in [6, 6.07) is 0.865. The Bertz CT molecular complexity index is 431. The van der Waals surface area contributed by atoms with Crippen molar-refractivity contribution in [1.82, 2.24) is 0 Å². The fourth-order valence-corrected chi connectivity index (χ4v) is 1.32. The van der Waals surface area contributed by atoms with Crippen LogP contribution in [-0.4, -0.2) is 5.91 Å². The van der Waals surface area contributed by atoms with Gasteiger partial charge >= 0.3 is 6.18 Å². The second-order valence-corrected chi connectivity index (χ2v) is 3.55. The highest BCUT2D eigenvalue weighted by molar-refractivity contribution is 5.74. The molecule has 0 spiro atoms. The molecule has 7 heteroatoms. The molecule has 0 aliphatic heterocycles. The quantitative estimate of drug-likeness (QED) is 0.802. The Morgan fingerprint density at radius 3 is 2.35 bits per heavy atom. The van der Waals surface area contributed by atoms with Crippen LogP contribution >= 0.6 is 0 Å². The zero-order valence-electron chi connectivity index (χ0n) is 8.59. The predicted octanol–water partition coefficient (Wildman–Crippen LogP) is 1.72. The minimum Gasteiger partial charge on any atom is -0.370 e. The summed E-state index contributed by atoms with van der Waals surface area (Å²) in [4.78, 5) is 10.6. The number of amides is 1. The second kappa shape index (κ2) is 4.70. The number of hydrogen-bond acceptors (Lipinski definition) is 2. The number of benzene rings is 1. The number of carbonyl (C=O) groups is 1. The minimum atomic E-state index is -4.66. The maximum Gasteiger partial charge on any atom is 0.416 e. The first-order valence-electron chi connectivity index (χ1n) is 4.61. The largest absolute Gasteiger partial charge is 0.416 e. The highest BCUT2D eigenvalue weighted by Gasteiger charge is 2.31. The van der Waals surface area contributed by atoms with E-state index in [1.165, 1.54) is 0 Å². The third-order valence-electron chi connectivity index (χ3n) is 2.10. The molecule has 0 heterocycles. The van der Waals surface area contributed by atoms with Gasteiger partial charge in [0, 0.05) is 12.5 Å². The van der Waals surface area contributed by atoms with E-state index < -0.39 is 29.5 Å². The summed E-state index contributed by atoms with van der Waals surface area (Å²) in [5.74, 6) is -1.83. The van der Waals surface area contributed by atoms with Gasteiger partial charge in [-0.1, -0.05) is 0 Å². The van der Waals surface area contributed by atoms with Crippen molar-refractivity contribution in [2.45, 2.75) is 18.6 Å². The van der Waals surface area contributed by atoms with Crippen molar-refractivity contribution in [3.63, 3.8) is 0 Å². The first-order chi connectivity index (χ1) is 7.70. The predicted molar refractivity (Wildman–Crippen MR) is 52.1 cm³/mol. The first kappa shape index (κ1) is 13.4. The topological polar surface area (TPSA) is 69.1 Å². The molecule has 1 rings (SSSR count). The molecule has 1 aromatic rings. The van der Waals surface area contributed by atoms with Crippen molar-refractivity contribution < 1.29 is 22.4 Å². The molecule has 17 heavy (non-hydrogen) atoms. The van der Waals surface area contributed by atoms with E-state index in [4.69, 9.17) is 11.5 Å². The molecule has 0 aliphatic rings. The fraction of sp³-hybridized carbons (Fsp3) is 0.300. The van der Waals surface area contributed by atoms with Gasteiger partial charge in [-0.15, -0.1) is 0 Å². The van der Waals surface area contributed by atoms with Gasteiger partial charge in [0.15, 0.2) is 0 Å². The zero-order valence-corrected chi connectivity index (χ0v) is 8.59. The lowest BCUT2D eigenvalue weighted by molar-refractivity contribution is -0.137. The molecule has 94 valence electrons. The summed E-state index contributed by atoms with van der Waals surface area (Å²) in [7, 11) is 0. The van der Waals surface area contributed by atoms with E-state index in [9.17, 15) is 22.4 Å². The van der Waals surface area contributed by atoms with E-state index in [1.807, 2.05) is 0 Å². The Kier molecular flexibility index (Phi) is 3.72. The summed E-state index contributed by atoms with van der Waals surface area (Å²) < 4.78 is 50.1. The normalized spacial score (nSPS) is 13.5. The van der Waals surface area contributed by atoms with E-state index in [1.54, 1.807) is 0 Å². The highest BCUT2D eigenvalue weighted by atomic mass is 19.4. The summed E-state index contributed by atoms with van der Waals surface area (Å²) in [6.07, 6.45) is -5.01. The van der Waals surface area contributed by atoms with Crippen LogP contribution in [0.3, 0.4) is 0 Å². The molecule has 1 unspecified atom stereocenters. The molecule has 4 N–H and O–H groups in total. The number of primary amides is 1. The van der Waals surface area contributed by atoms with E-state index in [2.05, 4.69) is 0 Å². The average Bonchev–Trinajstić information content (AvgIpc) is 2.14. The summed E-state index contributed by atoms with van der Waals surface area (Å²) in [5, 5.41) is 0. The van der Waals surface area contributed by atoms with Crippen LogP contribution in [0.4, 0.5) is 17.6 Å². The molecule has 1 amide bonds. The van der Waals surface area contributed by atoms with E-state index in [0.717, 1.165) is 6.07 Å².